The zero-order valence-corrected chi connectivity index (χ0v) is 15.2. The third kappa shape index (κ3) is 5.65. The van der Waals surface area contributed by atoms with E-state index in [2.05, 4.69) is 10.6 Å². The lowest BCUT2D eigenvalue weighted by Gasteiger charge is -2.29. The Morgan fingerprint density at radius 1 is 1.45 bits per heavy atom. The summed E-state index contributed by atoms with van der Waals surface area (Å²) in [6.07, 6.45) is 1.19. The highest BCUT2D eigenvalue weighted by atomic mass is 35.5. The van der Waals surface area contributed by atoms with Gasteiger partial charge in [-0.2, -0.15) is 11.8 Å². The van der Waals surface area contributed by atoms with Gasteiger partial charge in [-0.25, -0.2) is 0 Å². The molecule has 0 saturated carbocycles. The van der Waals surface area contributed by atoms with Crippen molar-refractivity contribution in [1.82, 2.24) is 10.6 Å². The molecule has 1 aliphatic heterocycles. The number of amides is 1. The van der Waals surface area contributed by atoms with Crippen LogP contribution in [0.3, 0.4) is 0 Å². The van der Waals surface area contributed by atoms with Crippen molar-refractivity contribution in [3.8, 4) is 0 Å². The monoisotopic (exact) mass is 360 g/mol. The van der Waals surface area contributed by atoms with Crippen LogP contribution in [0.2, 0.25) is 10.0 Å². The van der Waals surface area contributed by atoms with Gasteiger partial charge in [0.25, 0.3) is 0 Å². The normalized spacial score (nSPS) is 19.0. The summed E-state index contributed by atoms with van der Waals surface area (Å²) < 4.78 is 0. The Kier molecular flexibility index (Phi) is 6.45. The molecule has 3 nitrogen and oxygen atoms in total. The van der Waals surface area contributed by atoms with Crippen LogP contribution in [0.4, 0.5) is 0 Å². The number of thioether (sulfide) groups is 1. The van der Waals surface area contributed by atoms with Gasteiger partial charge in [0.1, 0.15) is 0 Å². The Balaban J connectivity index is 1.90. The molecule has 1 saturated heterocycles. The summed E-state index contributed by atoms with van der Waals surface area (Å²) in [5.74, 6) is 2.20. The van der Waals surface area contributed by atoms with Crippen LogP contribution < -0.4 is 10.6 Å². The minimum Gasteiger partial charge on any atom is -0.351 e. The van der Waals surface area contributed by atoms with Gasteiger partial charge in [-0.1, -0.05) is 29.3 Å². The number of carbonyl (C=O) groups excluding carboxylic acids is 1. The fourth-order valence-corrected chi connectivity index (χ4v) is 4.01. The lowest BCUT2D eigenvalue weighted by atomic mass is 9.94. The van der Waals surface area contributed by atoms with E-state index in [0.29, 0.717) is 22.9 Å². The number of benzene rings is 1. The molecule has 0 bridgehead atoms. The van der Waals surface area contributed by atoms with Crippen molar-refractivity contribution in [3.63, 3.8) is 0 Å². The van der Waals surface area contributed by atoms with Crippen molar-refractivity contribution in [1.29, 1.82) is 0 Å². The van der Waals surface area contributed by atoms with Crippen LogP contribution in [0.5, 0.6) is 0 Å². The molecule has 2 N–H and O–H groups in total. The summed E-state index contributed by atoms with van der Waals surface area (Å²) in [4.78, 5) is 12.2. The molecule has 1 atom stereocenters. The van der Waals surface area contributed by atoms with Crippen LogP contribution in [-0.2, 0) is 11.2 Å². The fraction of sp³-hybridized carbons (Fsp3) is 0.562. The van der Waals surface area contributed by atoms with E-state index in [1.807, 2.05) is 37.7 Å². The summed E-state index contributed by atoms with van der Waals surface area (Å²) in [5.41, 5.74) is 0.638. The van der Waals surface area contributed by atoms with Crippen molar-refractivity contribution in [3.05, 3.63) is 33.8 Å². The van der Waals surface area contributed by atoms with Gasteiger partial charge in [-0.3, -0.25) is 4.79 Å². The van der Waals surface area contributed by atoms with Crippen molar-refractivity contribution in [2.24, 2.45) is 0 Å². The first kappa shape index (κ1) is 17.9. The zero-order valence-electron chi connectivity index (χ0n) is 12.9. The Hall–Kier alpha value is -0.420. The maximum atomic E-state index is 12.2. The summed E-state index contributed by atoms with van der Waals surface area (Å²) in [7, 11) is 0. The second-order valence-corrected chi connectivity index (χ2v) is 8.27. The second-order valence-electron chi connectivity index (χ2n) is 6.27. The molecule has 1 aromatic carbocycles. The molecule has 1 heterocycles. The molecule has 6 heteroatoms. The third-order valence-electron chi connectivity index (χ3n) is 3.56. The van der Waals surface area contributed by atoms with Crippen molar-refractivity contribution < 1.29 is 4.79 Å². The predicted octanol–water partition coefficient (Wildman–Crippen LogP) is 3.53. The Morgan fingerprint density at radius 2 is 2.23 bits per heavy atom. The van der Waals surface area contributed by atoms with Crippen molar-refractivity contribution in [2.45, 2.75) is 38.3 Å². The van der Waals surface area contributed by atoms with Crippen LogP contribution in [0.15, 0.2) is 18.2 Å². The van der Waals surface area contributed by atoms with Gasteiger partial charge in [0.05, 0.1) is 0 Å². The molecular formula is C16H22Cl2N2OS. The number of hydrogen-bond donors (Lipinski definition) is 2. The van der Waals surface area contributed by atoms with Gasteiger partial charge >= 0.3 is 0 Å². The van der Waals surface area contributed by atoms with E-state index in [1.165, 1.54) is 0 Å². The molecule has 1 amide bonds. The highest BCUT2D eigenvalue weighted by Gasteiger charge is 2.24. The fourth-order valence-electron chi connectivity index (χ4n) is 2.59. The molecule has 1 unspecified atom stereocenters. The molecule has 1 aliphatic rings. The van der Waals surface area contributed by atoms with E-state index in [9.17, 15) is 4.79 Å². The third-order valence-corrected chi connectivity index (χ3v) is 5.27. The average molecular weight is 361 g/mol. The second kappa shape index (κ2) is 7.91. The molecule has 2 rings (SSSR count). The van der Waals surface area contributed by atoms with E-state index in [4.69, 9.17) is 23.2 Å². The molecule has 0 radical (unpaired) electrons. The van der Waals surface area contributed by atoms with Crippen LogP contribution in [0.1, 0.15) is 25.8 Å². The SMILES string of the molecule is CC(C)(Cc1ccc(Cl)cc1Cl)NC(=O)CC1CSCCN1. The number of nitrogens with one attached hydrogen (secondary N) is 2. The van der Waals surface area contributed by atoms with Crippen LogP contribution in [0.25, 0.3) is 0 Å². The van der Waals surface area contributed by atoms with Gasteiger partial charge < -0.3 is 10.6 Å². The summed E-state index contributed by atoms with van der Waals surface area (Å²) in [6, 6.07) is 5.75. The van der Waals surface area contributed by atoms with Crippen molar-refractivity contribution in [2.75, 3.05) is 18.1 Å². The number of rotatable bonds is 5. The molecular weight excluding hydrogens is 339 g/mol. The Labute approximate surface area is 146 Å². The molecule has 0 spiro atoms. The lowest BCUT2D eigenvalue weighted by Crippen LogP contribution is -2.48. The van der Waals surface area contributed by atoms with Gasteiger partial charge in [0, 0.05) is 46.1 Å². The van der Waals surface area contributed by atoms with Gasteiger partial charge in [-0.15, -0.1) is 0 Å². The Bertz CT molecular complexity index is 531. The molecule has 0 aromatic heterocycles. The quantitative estimate of drug-likeness (QED) is 0.843. The predicted molar refractivity (Wildman–Crippen MR) is 96.1 cm³/mol. The van der Waals surface area contributed by atoms with Crippen LogP contribution >= 0.6 is 35.0 Å². The first-order valence-electron chi connectivity index (χ1n) is 7.42. The zero-order chi connectivity index (χ0) is 16.2. The van der Waals surface area contributed by atoms with Crippen LogP contribution in [-0.4, -0.2) is 35.5 Å². The Morgan fingerprint density at radius 3 is 2.86 bits per heavy atom. The largest absolute Gasteiger partial charge is 0.351 e. The van der Waals surface area contributed by atoms with Gasteiger partial charge in [-0.05, 0) is 38.0 Å². The van der Waals surface area contributed by atoms with E-state index in [1.54, 1.807) is 6.07 Å². The van der Waals surface area contributed by atoms with Crippen molar-refractivity contribution >= 4 is 40.9 Å². The van der Waals surface area contributed by atoms with E-state index < -0.39 is 0 Å². The number of hydrogen-bond acceptors (Lipinski definition) is 3. The summed E-state index contributed by atoms with van der Waals surface area (Å²) in [6.45, 7) is 5.00. The minimum atomic E-state index is -0.351. The highest BCUT2D eigenvalue weighted by molar-refractivity contribution is 7.99. The van der Waals surface area contributed by atoms with E-state index in [-0.39, 0.29) is 17.5 Å². The molecule has 1 fully saturated rings. The first-order chi connectivity index (χ1) is 10.4. The highest BCUT2D eigenvalue weighted by Crippen LogP contribution is 2.24. The van der Waals surface area contributed by atoms with E-state index in [0.717, 1.165) is 23.6 Å². The number of carbonyl (C=O) groups is 1. The molecule has 22 heavy (non-hydrogen) atoms. The maximum Gasteiger partial charge on any atom is 0.222 e. The average Bonchev–Trinajstić information content (AvgIpc) is 2.42. The lowest BCUT2D eigenvalue weighted by molar-refractivity contribution is -0.123. The summed E-state index contributed by atoms with van der Waals surface area (Å²) >= 11 is 14.0. The van der Waals surface area contributed by atoms with E-state index >= 15 is 0 Å². The van der Waals surface area contributed by atoms with Gasteiger partial charge in [0.15, 0.2) is 0 Å². The minimum absolute atomic E-state index is 0.0788. The van der Waals surface area contributed by atoms with Gasteiger partial charge in [0.2, 0.25) is 5.91 Å². The molecule has 0 aliphatic carbocycles. The smallest absolute Gasteiger partial charge is 0.222 e. The maximum absolute atomic E-state index is 12.2. The number of halogens is 2. The molecule has 122 valence electrons. The standard InChI is InChI=1S/C16H22Cl2N2OS/c1-16(2,9-11-3-4-12(17)7-14(11)18)20-15(21)8-13-10-22-6-5-19-13/h3-4,7,13,19H,5-6,8-10H2,1-2H3,(H,20,21). The first-order valence-corrected chi connectivity index (χ1v) is 9.33. The summed E-state index contributed by atoms with van der Waals surface area (Å²) in [5, 5.41) is 7.76. The topological polar surface area (TPSA) is 41.1 Å². The molecule has 1 aromatic rings. The van der Waals surface area contributed by atoms with Crippen LogP contribution in [0, 0.1) is 0 Å².